The molecule has 114 valence electrons. The van der Waals surface area contributed by atoms with E-state index in [1.165, 1.54) is 7.11 Å². The molecule has 0 radical (unpaired) electrons. The van der Waals surface area contributed by atoms with Crippen molar-refractivity contribution in [1.82, 2.24) is 15.0 Å². The van der Waals surface area contributed by atoms with Gasteiger partial charge in [0.1, 0.15) is 0 Å². The van der Waals surface area contributed by atoms with Crippen molar-refractivity contribution in [1.29, 1.82) is 0 Å². The zero-order chi connectivity index (χ0) is 14.8. The highest BCUT2D eigenvalue weighted by Gasteiger charge is 2.12. The number of anilines is 2. The van der Waals surface area contributed by atoms with Gasteiger partial charge in [-0.25, -0.2) is 0 Å². The van der Waals surface area contributed by atoms with Crippen LogP contribution < -0.4 is 15.4 Å². The van der Waals surface area contributed by atoms with Gasteiger partial charge in [0.15, 0.2) is 0 Å². The van der Waals surface area contributed by atoms with Crippen LogP contribution in [0.2, 0.25) is 0 Å². The van der Waals surface area contributed by atoms with Crippen LogP contribution in [0.1, 0.15) is 19.8 Å². The molecule has 0 aliphatic carbocycles. The SMILES string of the molecule is CCCNc1nc(NC(CCO)COC)nc(OC)n1. The molecular weight excluding hydrogens is 262 g/mol. The Morgan fingerprint density at radius 3 is 2.55 bits per heavy atom. The number of ether oxygens (including phenoxy) is 2. The maximum Gasteiger partial charge on any atom is 0.322 e. The molecule has 0 aromatic carbocycles. The quantitative estimate of drug-likeness (QED) is 0.571. The number of aliphatic hydroxyl groups is 1. The number of rotatable bonds is 10. The van der Waals surface area contributed by atoms with E-state index in [4.69, 9.17) is 14.6 Å². The molecule has 8 heteroatoms. The first-order valence-corrected chi connectivity index (χ1v) is 6.63. The third-order valence-electron chi connectivity index (χ3n) is 2.51. The number of hydrogen-bond acceptors (Lipinski definition) is 8. The molecule has 0 spiro atoms. The van der Waals surface area contributed by atoms with Crippen molar-refractivity contribution < 1.29 is 14.6 Å². The van der Waals surface area contributed by atoms with Gasteiger partial charge in [-0.05, 0) is 12.8 Å². The van der Waals surface area contributed by atoms with Gasteiger partial charge < -0.3 is 25.2 Å². The first kappa shape index (κ1) is 16.4. The number of nitrogens with zero attached hydrogens (tertiary/aromatic N) is 3. The van der Waals surface area contributed by atoms with Crippen LogP contribution in [0.4, 0.5) is 11.9 Å². The maximum atomic E-state index is 9.03. The molecule has 1 rings (SSSR count). The second kappa shape index (κ2) is 9.27. The van der Waals surface area contributed by atoms with Crippen molar-refractivity contribution >= 4 is 11.9 Å². The summed E-state index contributed by atoms with van der Waals surface area (Å²) in [5.74, 6) is 0.854. The van der Waals surface area contributed by atoms with Gasteiger partial charge in [-0.3, -0.25) is 0 Å². The van der Waals surface area contributed by atoms with Crippen LogP contribution in [0.5, 0.6) is 6.01 Å². The van der Waals surface area contributed by atoms with Crippen LogP contribution in [0.3, 0.4) is 0 Å². The lowest BCUT2D eigenvalue weighted by Gasteiger charge is -2.17. The number of aromatic nitrogens is 3. The molecule has 1 atom stereocenters. The van der Waals surface area contributed by atoms with Gasteiger partial charge in [0, 0.05) is 20.3 Å². The van der Waals surface area contributed by atoms with Crippen molar-refractivity contribution in [3.63, 3.8) is 0 Å². The fourth-order valence-corrected chi connectivity index (χ4v) is 1.56. The molecule has 8 nitrogen and oxygen atoms in total. The first-order chi connectivity index (χ1) is 9.73. The fraction of sp³-hybridized carbons (Fsp3) is 0.750. The van der Waals surface area contributed by atoms with Crippen LogP contribution in [-0.4, -0.2) is 60.1 Å². The average molecular weight is 285 g/mol. The predicted molar refractivity (Wildman–Crippen MR) is 76.1 cm³/mol. The minimum Gasteiger partial charge on any atom is -0.467 e. The summed E-state index contributed by atoms with van der Waals surface area (Å²) in [4.78, 5) is 12.5. The molecule has 20 heavy (non-hydrogen) atoms. The monoisotopic (exact) mass is 285 g/mol. The third kappa shape index (κ3) is 5.54. The third-order valence-corrected chi connectivity index (χ3v) is 2.51. The van der Waals surface area contributed by atoms with Crippen molar-refractivity contribution in [3.05, 3.63) is 0 Å². The van der Waals surface area contributed by atoms with Crippen molar-refractivity contribution in [3.8, 4) is 6.01 Å². The summed E-state index contributed by atoms with van der Waals surface area (Å²) >= 11 is 0. The molecule has 0 bridgehead atoms. The minimum atomic E-state index is -0.0730. The normalized spacial score (nSPS) is 12.0. The van der Waals surface area contributed by atoms with E-state index in [0.717, 1.165) is 13.0 Å². The van der Waals surface area contributed by atoms with E-state index in [0.29, 0.717) is 24.9 Å². The van der Waals surface area contributed by atoms with E-state index >= 15 is 0 Å². The average Bonchev–Trinajstić information content (AvgIpc) is 2.45. The summed E-state index contributed by atoms with van der Waals surface area (Å²) in [5.41, 5.74) is 0. The lowest BCUT2D eigenvalue weighted by atomic mass is 10.2. The van der Waals surface area contributed by atoms with Gasteiger partial charge in [0.2, 0.25) is 11.9 Å². The molecule has 0 aliphatic rings. The zero-order valence-electron chi connectivity index (χ0n) is 12.2. The molecule has 3 N–H and O–H groups in total. The summed E-state index contributed by atoms with van der Waals surface area (Å²) in [6.45, 7) is 3.33. The molecule has 0 amide bonds. The molecule has 1 unspecified atom stereocenters. The zero-order valence-corrected chi connectivity index (χ0v) is 12.2. The molecule has 0 saturated carbocycles. The Hall–Kier alpha value is -1.67. The smallest absolute Gasteiger partial charge is 0.322 e. The highest BCUT2D eigenvalue weighted by atomic mass is 16.5. The molecule has 1 heterocycles. The Balaban J connectivity index is 2.80. The van der Waals surface area contributed by atoms with E-state index in [1.54, 1.807) is 7.11 Å². The van der Waals surface area contributed by atoms with Gasteiger partial charge in [0.25, 0.3) is 0 Å². The van der Waals surface area contributed by atoms with Gasteiger partial charge in [-0.2, -0.15) is 15.0 Å². The Morgan fingerprint density at radius 1 is 1.20 bits per heavy atom. The molecule has 0 saturated heterocycles. The summed E-state index contributed by atoms with van der Waals surface area (Å²) in [6, 6.07) is 0.164. The molecule has 1 aromatic heterocycles. The molecular formula is C12H23N5O3. The molecule has 0 aliphatic heterocycles. The number of nitrogens with one attached hydrogen (secondary N) is 2. The Bertz CT molecular complexity index is 385. The largest absolute Gasteiger partial charge is 0.467 e. The van der Waals surface area contributed by atoms with Crippen molar-refractivity contribution in [2.75, 3.05) is 44.6 Å². The van der Waals surface area contributed by atoms with Crippen molar-refractivity contribution in [2.45, 2.75) is 25.8 Å². The van der Waals surface area contributed by atoms with E-state index in [-0.39, 0.29) is 18.7 Å². The van der Waals surface area contributed by atoms with Crippen LogP contribution >= 0.6 is 0 Å². The number of methoxy groups -OCH3 is 2. The van der Waals surface area contributed by atoms with Crippen molar-refractivity contribution in [2.24, 2.45) is 0 Å². The number of aliphatic hydroxyl groups excluding tert-OH is 1. The highest BCUT2D eigenvalue weighted by molar-refractivity contribution is 5.36. The van der Waals surface area contributed by atoms with E-state index < -0.39 is 0 Å². The lowest BCUT2D eigenvalue weighted by molar-refractivity contribution is 0.170. The Morgan fingerprint density at radius 2 is 1.95 bits per heavy atom. The van der Waals surface area contributed by atoms with E-state index in [9.17, 15) is 0 Å². The fourth-order valence-electron chi connectivity index (χ4n) is 1.56. The second-order valence-electron chi connectivity index (χ2n) is 4.20. The minimum absolute atomic E-state index is 0.0597. The van der Waals surface area contributed by atoms with Crippen LogP contribution in [0.25, 0.3) is 0 Å². The number of hydrogen-bond donors (Lipinski definition) is 3. The summed E-state index contributed by atoms with van der Waals surface area (Å²) < 4.78 is 10.1. The highest BCUT2D eigenvalue weighted by Crippen LogP contribution is 2.12. The summed E-state index contributed by atoms with van der Waals surface area (Å²) in [6.07, 6.45) is 1.51. The standard InChI is InChI=1S/C12H23N5O3/c1-4-6-13-10-15-11(17-12(16-10)20-3)14-9(5-7-18)8-19-2/h9,18H,4-8H2,1-3H3,(H2,13,14,15,16,17). The summed E-state index contributed by atoms with van der Waals surface area (Å²) in [7, 11) is 3.11. The van der Waals surface area contributed by atoms with E-state index in [2.05, 4.69) is 32.5 Å². The van der Waals surface area contributed by atoms with Crippen LogP contribution in [-0.2, 0) is 4.74 Å². The summed E-state index contributed by atoms with van der Waals surface area (Å²) in [5, 5.41) is 15.2. The second-order valence-corrected chi connectivity index (χ2v) is 4.20. The Kier molecular flexibility index (Phi) is 7.59. The van der Waals surface area contributed by atoms with E-state index in [1.807, 2.05) is 0 Å². The topological polar surface area (TPSA) is 101 Å². The van der Waals surface area contributed by atoms with Gasteiger partial charge >= 0.3 is 6.01 Å². The van der Waals surface area contributed by atoms with Crippen LogP contribution in [0, 0.1) is 0 Å². The first-order valence-electron chi connectivity index (χ1n) is 6.63. The maximum absolute atomic E-state index is 9.03. The predicted octanol–water partition coefficient (Wildman–Crippen LogP) is 0.511. The molecule has 1 aromatic rings. The lowest BCUT2D eigenvalue weighted by Crippen LogP contribution is -2.27. The Labute approximate surface area is 118 Å². The molecule has 0 fully saturated rings. The van der Waals surface area contributed by atoms with Gasteiger partial charge in [-0.1, -0.05) is 6.92 Å². The van der Waals surface area contributed by atoms with Gasteiger partial charge in [-0.15, -0.1) is 0 Å². The van der Waals surface area contributed by atoms with Crippen LogP contribution in [0.15, 0.2) is 0 Å². The van der Waals surface area contributed by atoms with Gasteiger partial charge in [0.05, 0.1) is 19.8 Å².